The van der Waals surface area contributed by atoms with Crippen LogP contribution in [0, 0.1) is 6.92 Å². The van der Waals surface area contributed by atoms with Crippen LogP contribution in [0.2, 0.25) is 0 Å². The first-order valence-electron chi connectivity index (χ1n) is 8.49. The summed E-state index contributed by atoms with van der Waals surface area (Å²) >= 11 is 0. The zero-order valence-electron chi connectivity index (χ0n) is 13.8. The number of likely N-dealkylation sites (tertiary alicyclic amines) is 1. The summed E-state index contributed by atoms with van der Waals surface area (Å²) in [7, 11) is 0. The first kappa shape index (κ1) is 16.4. The molecular formula is C18H26N2O3. The average molecular weight is 318 g/mol. The van der Waals surface area contributed by atoms with E-state index in [9.17, 15) is 9.90 Å². The van der Waals surface area contributed by atoms with Gasteiger partial charge >= 0.3 is 0 Å². The zero-order valence-corrected chi connectivity index (χ0v) is 13.8. The van der Waals surface area contributed by atoms with Crippen molar-refractivity contribution in [3.63, 3.8) is 0 Å². The fraction of sp³-hybridized carbons (Fsp3) is 0.611. The summed E-state index contributed by atoms with van der Waals surface area (Å²) in [5.74, 6) is 0.170. The van der Waals surface area contributed by atoms with Crippen LogP contribution in [0.4, 0.5) is 0 Å². The molecule has 3 rings (SSSR count). The first-order valence-corrected chi connectivity index (χ1v) is 8.49. The van der Waals surface area contributed by atoms with Gasteiger partial charge in [0.1, 0.15) is 0 Å². The lowest BCUT2D eigenvalue weighted by atomic mass is 10.0. The van der Waals surface area contributed by atoms with E-state index in [1.165, 1.54) is 11.1 Å². The normalized spacial score (nSPS) is 24.2. The maximum absolute atomic E-state index is 11.7. The smallest absolute Gasteiger partial charge is 0.222 e. The maximum Gasteiger partial charge on any atom is 0.222 e. The fourth-order valence-electron chi connectivity index (χ4n) is 3.51. The Labute approximate surface area is 137 Å². The van der Waals surface area contributed by atoms with E-state index in [1.807, 2.05) is 12.1 Å². The highest BCUT2D eigenvalue weighted by atomic mass is 16.5. The molecule has 1 amide bonds. The van der Waals surface area contributed by atoms with Crippen LogP contribution in [0.3, 0.4) is 0 Å². The summed E-state index contributed by atoms with van der Waals surface area (Å²) in [6.45, 7) is 6.22. The molecule has 1 aromatic carbocycles. The van der Waals surface area contributed by atoms with E-state index in [2.05, 4.69) is 24.0 Å². The summed E-state index contributed by atoms with van der Waals surface area (Å²) in [5, 5.41) is 10.3. The molecule has 126 valence electrons. The van der Waals surface area contributed by atoms with Gasteiger partial charge in [-0.3, -0.25) is 9.69 Å². The number of hydrogen-bond donors (Lipinski definition) is 1. The SMILES string of the molecule is Cc1ccccc1C1CN(CC(O)CN2CCCC2=O)CCO1. The molecule has 2 atom stereocenters. The molecule has 0 radical (unpaired) electrons. The van der Waals surface area contributed by atoms with Gasteiger partial charge in [0.2, 0.25) is 5.91 Å². The third-order valence-electron chi connectivity index (χ3n) is 4.76. The second kappa shape index (κ2) is 7.43. The van der Waals surface area contributed by atoms with Gasteiger partial charge in [0.15, 0.2) is 0 Å². The molecule has 2 aliphatic rings. The number of aryl methyl sites for hydroxylation is 1. The van der Waals surface area contributed by atoms with Crippen molar-refractivity contribution in [3.05, 3.63) is 35.4 Å². The molecule has 1 N–H and O–H groups in total. The van der Waals surface area contributed by atoms with Crippen LogP contribution in [-0.4, -0.2) is 66.2 Å². The molecule has 2 unspecified atom stereocenters. The van der Waals surface area contributed by atoms with Crippen LogP contribution in [0.1, 0.15) is 30.1 Å². The van der Waals surface area contributed by atoms with Crippen molar-refractivity contribution in [1.82, 2.24) is 9.80 Å². The monoisotopic (exact) mass is 318 g/mol. The molecule has 5 nitrogen and oxygen atoms in total. The lowest BCUT2D eigenvalue weighted by Crippen LogP contribution is -2.45. The Morgan fingerprint density at radius 2 is 2.13 bits per heavy atom. The number of benzene rings is 1. The number of amides is 1. The molecule has 0 aromatic heterocycles. The number of carbonyl (C=O) groups excluding carboxylic acids is 1. The predicted molar refractivity (Wildman–Crippen MR) is 88.1 cm³/mol. The standard InChI is InChI=1S/C18H26N2O3/c1-14-5-2-3-6-16(14)17-13-19(9-10-23-17)11-15(21)12-20-8-4-7-18(20)22/h2-3,5-6,15,17,21H,4,7-13H2,1H3. The number of β-amino-alcohol motifs (C(OH)–C–C–N with tert-alkyl or cyclic N) is 1. The van der Waals surface area contributed by atoms with Crippen LogP contribution < -0.4 is 0 Å². The van der Waals surface area contributed by atoms with Gasteiger partial charge in [-0.1, -0.05) is 24.3 Å². The summed E-state index contributed by atoms with van der Waals surface area (Å²) in [5.41, 5.74) is 2.46. The fourth-order valence-corrected chi connectivity index (χ4v) is 3.51. The molecular weight excluding hydrogens is 292 g/mol. The summed E-state index contributed by atoms with van der Waals surface area (Å²) in [6, 6.07) is 8.29. The molecule has 5 heteroatoms. The Morgan fingerprint density at radius 1 is 1.30 bits per heavy atom. The molecule has 2 heterocycles. The Kier molecular flexibility index (Phi) is 5.30. The van der Waals surface area contributed by atoms with Crippen LogP contribution >= 0.6 is 0 Å². The Bertz CT molecular complexity index is 549. The van der Waals surface area contributed by atoms with Crippen molar-refractivity contribution < 1.29 is 14.6 Å². The van der Waals surface area contributed by atoms with E-state index < -0.39 is 6.10 Å². The zero-order chi connectivity index (χ0) is 16.2. The van der Waals surface area contributed by atoms with Crippen LogP contribution in [-0.2, 0) is 9.53 Å². The molecule has 0 bridgehead atoms. The van der Waals surface area contributed by atoms with E-state index in [0.29, 0.717) is 26.1 Å². The van der Waals surface area contributed by atoms with E-state index >= 15 is 0 Å². The molecule has 23 heavy (non-hydrogen) atoms. The van der Waals surface area contributed by atoms with Gasteiger partial charge in [0, 0.05) is 39.1 Å². The van der Waals surface area contributed by atoms with Gasteiger partial charge < -0.3 is 14.7 Å². The molecule has 2 saturated heterocycles. The van der Waals surface area contributed by atoms with Crippen molar-refractivity contribution in [2.24, 2.45) is 0 Å². The minimum atomic E-state index is -0.493. The highest BCUT2D eigenvalue weighted by Crippen LogP contribution is 2.25. The van der Waals surface area contributed by atoms with Crippen molar-refractivity contribution in [3.8, 4) is 0 Å². The third kappa shape index (κ3) is 4.10. The van der Waals surface area contributed by atoms with E-state index in [4.69, 9.17) is 4.74 Å². The second-order valence-corrected chi connectivity index (χ2v) is 6.57. The van der Waals surface area contributed by atoms with Crippen molar-refractivity contribution in [2.75, 3.05) is 39.3 Å². The van der Waals surface area contributed by atoms with Gasteiger partial charge in [-0.2, -0.15) is 0 Å². The van der Waals surface area contributed by atoms with Gasteiger partial charge in [0.05, 0.1) is 18.8 Å². The predicted octanol–water partition coefficient (Wildman–Crippen LogP) is 1.35. The number of morpholine rings is 1. The quantitative estimate of drug-likeness (QED) is 0.890. The molecule has 0 aliphatic carbocycles. The number of nitrogens with zero attached hydrogens (tertiary/aromatic N) is 2. The van der Waals surface area contributed by atoms with E-state index in [0.717, 1.165) is 26.1 Å². The lowest BCUT2D eigenvalue weighted by Gasteiger charge is -2.35. The summed E-state index contributed by atoms with van der Waals surface area (Å²) in [6.07, 6.45) is 1.11. The van der Waals surface area contributed by atoms with Crippen LogP contribution in [0.15, 0.2) is 24.3 Å². The van der Waals surface area contributed by atoms with Crippen molar-refractivity contribution in [1.29, 1.82) is 0 Å². The second-order valence-electron chi connectivity index (χ2n) is 6.57. The molecule has 0 spiro atoms. The maximum atomic E-state index is 11.7. The number of ether oxygens (including phenoxy) is 1. The van der Waals surface area contributed by atoms with Gasteiger partial charge in [0.25, 0.3) is 0 Å². The molecule has 2 aliphatic heterocycles. The molecule has 2 fully saturated rings. The lowest BCUT2D eigenvalue weighted by molar-refractivity contribution is -0.129. The number of rotatable bonds is 5. The summed E-state index contributed by atoms with van der Waals surface area (Å²) < 4.78 is 5.92. The Hall–Kier alpha value is -1.43. The number of aliphatic hydroxyl groups is 1. The van der Waals surface area contributed by atoms with Crippen LogP contribution in [0.5, 0.6) is 0 Å². The number of aliphatic hydroxyl groups excluding tert-OH is 1. The highest BCUT2D eigenvalue weighted by molar-refractivity contribution is 5.78. The average Bonchev–Trinajstić information content (AvgIpc) is 2.93. The molecule has 1 aromatic rings. The topological polar surface area (TPSA) is 53.0 Å². The highest BCUT2D eigenvalue weighted by Gasteiger charge is 2.27. The van der Waals surface area contributed by atoms with Crippen LogP contribution in [0.25, 0.3) is 0 Å². The molecule has 0 saturated carbocycles. The third-order valence-corrected chi connectivity index (χ3v) is 4.76. The van der Waals surface area contributed by atoms with E-state index in [1.54, 1.807) is 4.90 Å². The first-order chi connectivity index (χ1) is 11.1. The Morgan fingerprint density at radius 3 is 2.87 bits per heavy atom. The van der Waals surface area contributed by atoms with Crippen molar-refractivity contribution in [2.45, 2.75) is 32.0 Å². The number of carbonyl (C=O) groups is 1. The van der Waals surface area contributed by atoms with Gasteiger partial charge in [-0.15, -0.1) is 0 Å². The van der Waals surface area contributed by atoms with E-state index in [-0.39, 0.29) is 12.0 Å². The summed E-state index contributed by atoms with van der Waals surface area (Å²) in [4.78, 5) is 15.7. The van der Waals surface area contributed by atoms with Gasteiger partial charge in [-0.05, 0) is 24.5 Å². The number of hydrogen-bond acceptors (Lipinski definition) is 4. The van der Waals surface area contributed by atoms with Gasteiger partial charge in [-0.25, -0.2) is 0 Å². The van der Waals surface area contributed by atoms with Crippen molar-refractivity contribution >= 4 is 5.91 Å². The minimum Gasteiger partial charge on any atom is -0.390 e. The largest absolute Gasteiger partial charge is 0.390 e. The minimum absolute atomic E-state index is 0.0607. The Balaban J connectivity index is 1.54.